The van der Waals surface area contributed by atoms with Gasteiger partial charge in [0.25, 0.3) is 0 Å². The number of thioether (sulfide) groups is 1. The van der Waals surface area contributed by atoms with Crippen molar-refractivity contribution in [3.05, 3.63) is 48.3 Å². The second kappa shape index (κ2) is 7.14. The number of hydrogen-bond donors (Lipinski definition) is 0. The first-order valence-corrected chi connectivity index (χ1v) is 7.70. The van der Waals surface area contributed by atoms with Crippen molar-refractivity contribution >= 4 is 17.7 Å². The summed E-state index contributed by atoms with van der Waals surface area (Å²) in [5.74, 6) is -0.203. The lowest BCUT2D eigenvalue weighted by atomic mass is 10.1. The Morgan fingerprint density at radius 2 is 2.20 bits per heavy atom. The highest BCUT2D eigenvalue weighted by Gasteiger charge is 2.12. The molecule has 4 nitrogen and oxygen atoms in total. The van der Waals surface area contributed by atoms with Gasteiger partial charge in [0, 0.05) is 17.3 Å². The molecule has 106 valence electrons. The quantitative estimate of drug-likeness (QED) is 0.606. The fourth-order valence-electron chi connectivity index (χ4n) is 1.98. The van der Waals surface area contributed by atoms with Crippen LogP contribution in [0.15, 0.2) is 47.6 Å². The molecule has 20 heavy (non-hydrogen) atoms. The summed E-state index contributed by atoms with van der Waals surface area (Å²) in [4.78, 5) is 13.1. The molecule has 2 rings (SSSR count). The standard InChI is InChI=1S/C15H18N2O2S/c1-12(11-17-9-5-8-16-17)19-15(18)10-13-6-3-4-7-14(13)20-2/h3-9,12H,10-11H2,1-2H3. The van der Waals surface area contributed by atoms with Gasteiger partial charge in [0.1, 0.15) is 6.10 Å². The van der Waals surface area contributed by atoms with E-state index < -0.39 is 0 Å². The summed E-state index contributed by atoms with van der Waals surface area (Å²) in [6, 6.07) is 9.74. The number of benzene rings is 1. The van der Waals surface area contributed by atoms with Crippen molar-refractivity contribution in [2.45, 2.75) is 30.9 Å². The number of ether oxygens (including phenoxy) is 1. The van der Waals surface area contributed by atoms with Crippen LogP contribution in [0.1, 0.15) is 12.5 Å². The first kappa shape index (κ1) is 14.7. The Kier molecular flexibility index (Phi) is 5.24. The van der Waals surface area contributed by atoms with E-state index >= 15 is 0 Å². The third kappa shape index (κ3) is 4.13. The van der Waals surface area contributed by atoms with Gasteiger partial charge in [-0.3, -0.25) is 9.48 Å². The van der Waals surface area contributed by atoms with Gasteiger partial charge >= 0.3 is 5.97 Å². The summed E-state index contributed by atoms with van der Waals surface area (Å²) in [6.07, 6.45) is 5.69. The highest BCUT2D eigenvalue weighted by molar-refractivity contribution is 7.98. The Labute approximate surface area is 123 Å². The van der Waals surface area contributed by atoms with Crippen LogP contribution in [0.3, 0.4) is 0 Å². The van der Waals surface area contributed by atoms with Gasteiger partial charge in [-0.25, -0.2) is 0 Å². The van der Waals surface area contributed by atoms with Crippen molar-refractivity contribution in [2.75, 3.05) is 6.26 Å². The number of carbonyl (C=O) groups is 1. The number of aromatic nitrogens is 2. The molecule has 1 aromatic heterocycles. The van der Waals surface area contributed by atoms with Gasteiger partial charge < -0.3 is 4.74 Å². The lowest BCUT2D eigenvalue weighted by Gasteiger charge is -2.14. The van der Waals surface area contributed by atoms with Gasteiger partial charge in [-0.1, -0.05) is 18.2 Å². The number of nitrogens with zero attached hydrogens (tertiary/aromatic N) is 2. The molecule has 0 amide bonds. The van der Waals surface area contributed by atoms with Crippen molar-refractivity contribution in [3.63, 3.8) is 0 Å². The predicted octanol–water partition coefficient (Wildman–Crippen LogP) is 2.78. The van der Waals surface area contributed by atoms with Crippen molar-refractivity contribution in [1.82, 2.24) is 9.78 Å². The zero-order valence-electron chi connectivity index (χ0n) is 11.7. The summed E-state index contributed by atoms with van der Waals surface area (Å²) in [5.41, 5.74) is 1.01. The van der Waals surface area contributed by atoms with Crippen LogP contribution < -0.4 is 0 Å². The molecule has 1 unspecified atom stereocenters. The summed E-state index contributed by atoms with van der Waals surface area (Å²) < 4.78 is 7.18. The Morgan fingerprint density at radius 3 is 2.90 bits per heavy atom. The molecule has 0 aliphatic rings. The number of carbonyl (C=O) groups excluding carboxylic acids is 1. The topological polar surface area (TPSA) is 44.1 Å². The Balaban J connectivity index is 1.88. The molecule has 1 heterocycles. The van der Waals surface area contributed by atoms with Crippen LogP contribution in [-0.2, 0) is 22.5 Å². The van der Waals surface area contributed by atoms with Crippen LogP contribution in [-0.4, -0.2) is 28.1 Å². The third-order valence-electron chi connectivity index (χ3n) is 2.86. The zero-order chi connectivity index (χ0) is 14.4. The maximum absolute atomic E-state index is 12.0. The van der Waals surface area contributed by atoms with E-state index in [1.54, 1.807) is 22.6 Å². The molecule has 0 aliphatic heterocycles. The maximum Gasteiger partial charge on any atom is 0.310 e. The second-order valence-electron chi connectivity index (χ2n) is 4.52. The minimum atomic E-state index is -0.203. The fourth-order valence-corrected chi connectivity index (χ4v) is 2.60. The molecule has 2 aromatic rings. The molecule has 0 bridgehead atoms. The minimum Gasteiger partial charge on any atom is -0.460 e. The first-order valence-electron chi connectivity index (χ1n) is 6.48. The van der Waals surface area contributed by atoms with Gasteiger partial charge in [0.15, 0.2) is 0 Å². The lowest BCUT2D eigenvalue weighted by Crippen LogP contribution is -2.22. The number of rotatable bonds is 6. The van der Waals surface area contributed by atoms with E-state index in [1.165, 1.54) is 0 Å². The molecular weight excluding hydrogens is 272 g/mol. The van der Waals surface area contributed by atoms with E-state index in [-0.39, 0.29) is 12.1 Å². The van der Waals surface area contributed by atoms with Crippen LogP contribution in [0.5, 0.6) is 0 Å². The van der Waals surface area contributed by atoms with Crippen LogP contribution in [0.2, 0.25) is 0 Å². The van der Waals surface area contributed by atoms with Gasteiger partial charge in [-0.2, -0.15) is 5.10 Å². The average Bonchev–Trinajstić information content (AvgIpc) is 2.91. The Bertz CT molecular complexity index is 555. The Hall–Kier alpha value is -1.75. The van der Waals surface area contributed by atoms with E-state index in [1.807, 2.05) is 49.7 Å². The van der Waals surface area contributed by atoms with Crippen molar-refractivity contribution in [2.24, 2.45) is 0 Å². The molecule has 5 heteroatoms. The zero-order valence-corrected chi connectivity index (χ0v) is 12.5. The third-order valence-corrected chi connectivity index (χ3v) is 3.70. The number of hydrogen-bond acceptors (Lipinski definition) is 4. The lowest BCUT2D eigenvalue weighted by molar-refractivity contribution is -0.148. The highest BCUT2D eigenvalue weighted by atomic mass is 32.2. The molecule has 0 fully saturated rings. The predicted molar refractivity (Wildman–Crippen MR) is 79.7 cm³/mol. The molecule has 0 saturated heterocycles. The maximum atomic E-state index is 12.0. The smallest absolute Gasteiger partial charge is 0.310 e. The Morgan fingerprint density at radius 1 is 1.40 bits per heavy atom. The van der Waals surface area contributed by atoms with E-state index in [9.17, 15) is 4.79 Å². The van der Waals surface area contributed by atoms with Gasteiger partial charge in [-0.05, 0) is 30.9 Å². The second-order valence-corrected chi connectivity index (χ2v) is 5.37. The van der Waals surface area contributed by atoms with Gasteiger partial charge in [-0.15, -0.1) is 11.8 Å². The molecule has 0 N–H and O–H groups in total. The van der Waals surface area contributed by atoms with Crippen LogP contribution in [0.25, 0.3) is 0 Å². The normalized spacial score (nSPS) is 12.1. The molecule has 0 saturated carbocycles. The summed E-state index contributed by atoms with van der Waals surface area (Å²) >= 11 is 1.64. The fraction of sp³-hybridized carbons (Fsp3) is 0.333. The summed E-state index contributed by atoms with van der Waals surface area (Å²) in [6.45, 7) is 2.45. The monoisotopic (exact) mass is 290 g/mol. The molecule has 0 aliphatic carbocycles. The molecular formula is C15H18N2O2S. The largest absolute Gasteiger partial charge is 0.460 e. The van der Waals surface area contributed by atoms with Crippen LogP contribution in [0.4, 0.5) is 0 Å². The average molecular weight is 290 g/mol. The number of esters is 1. The van der Waals surface area contributed by atoms with E-state index in [4.69, 9.17) is 4.74 Å². The van der Waals surface area contributed by atoms with E-state index in [2.05, 4.69) is 5.10 Å². The summed E-state index contributed by atoms with van der Waals surface area (Å²) in [5, 5.41) is 4.10. The molecule has 0 spiro atoms. The van der Waals surface area contributed by atoms with Crippen LogP contribution in [0, 0.1) is 0 Å². The van der Waals surface area contributed by atoms with E-state index in [0.29, 0.717) is 13.0 Å². The molecule has 0 radical (unpaired) electrons. The molecule has 1 aromatic carbocycles. The van der Waals surface area contributed by atoms with Crippen molar-refractivity contribution in [3.8, 4) is 0 Å². The van der Waals surface area contributed by atoms with Gasteiger partial charge in [0.05, 0.1) is 13.0 Å². The van der Waals surface area contributed by atoms with Crippen molar-refractivity contribution < 1.29 is 9.53 Å². The van der Waals surface area contributed by atoms with E-state index in [0.717, 1.165) is 10.5 Å². The first-order chi connectivity index (χ1) is 9.69. The van der Waals surface area contributed by atoms with Gasteiger partial charge in [0.2, 0.25) is 0 Å². The SMILES string of the molecule is CSc1ccccc1CC(=O)OC(C)Cn1cccn1. The molecule has 1 atom stereocenters. The minimum absolute atomic E-state index is 0.191. The highest BCUT2D eigenvalue weighted by Crippen LogP contribution is 2.20. The van der Waals surface area contributed by atoms with Crippen molar-refractivity contribution in [1.29, 1.82) is 0 Å². The van der Waals surface area contributed by atoms with Crippen LogP contribution >= 0.6 is 11.8 Å². The summed E-state index contributed by atoms with van der Waals surface area (Å²) in [7, 11) is 0.